The number of hydrogen-bond acceptors (Lipinski definition) is 2. The molecule has 0 aliphatic carbocycles. The maximum atomic E-state index is 12.1. The lowest BCUT2D eigenvalue weighted by atomic mass is 9.97. The van der Waals surface area contributed by atoms with Crippen LogP contribution >= 0.6 is 0 Å². The van der Waals surface area contributed by atoms with Gasteiger partial charge in [0.1, 0.15) is 0 Å². The highest BCUT2D eigenvalue weighted by Crippen LogP contribution is 2.19. The van der Waals surface area contributed by atoms with Crippen molar-refractivity contribution in [2.75, 3.05) is 26.2 Å². The third-order valence-corrected chi connectivity index (χ3v) is 3.32. The van der Waals surface area contributed by atoms with Crippen LogP contribution < -0.4 is 5.32 Å². The number of amides is 1. The number of hydrogen-bond donors (Lipinski definition) is 1. The lowest BCUT2D eigenvalue weighted by Crippen LogP contribution is -2.46. The third kappa shape index (κ3) is 3.30. The highest BCUT2D eigenvalue weighted by Gasteiger charge is 2.18. The van der Waals surface area contributed by atoms with Gasteiger partial charge in [0, 0.05) is 32.6 Å². The van der Waals surface area contributed by atoms with Crippen molar-refractivity contribution < 1.29 is 4.79 Å². The molecule has 0 unspecified atom stereocenters. The zero-order valence-electron chi connectivity index (χ0n) is 10.4. The maximum Gasteiger partial charge on any atom is 0.223 e. The molecule has 3 heteroatoms. The molecule has 1 aromatic rings. The van der Waals surface area contributed by atoms with E-state index in [1.165, 1.54) is 5.56 Å². The van der Waals surface area contributed by atoms with E-state index in [1.54, 1.807) is 0 Å². The Balaban J connectivity index is 1.89. The molecule has 1 aliphatic rings. The summed E-state index contributed by atoms with van der Waals surface area (Å²) in [7, 11) is 0. The SMILES string of the molecule is C[C@@H](CC(=O)N1CCNCC1)c1ccccc1. The number of nitrogens with zero attached hydrogens (tertiary/aromatic N) is 1. The van der Waals surface area contributed by atoms with E-state index >= 15 is 0 Å². The summed E-state index contributed by atoms with van der Waals surface area (Å²) in [6, 6.07) is 10.3. The van der Waals surface area contributed by atoms with E-state index in [0.717, 1.165) is 26.2 Å². The van der Waals surface area contributed by atoms with Gasteiger partial charge in [-0.2, -0.15) is 0 Å². The lowest BCUT2D eigenvalue weighted by molar-refractivity contribution is -0.132. The van der Waals surface area contributed by atoms with Crippen molar-refractivity contribution in [3.8, 4) is 0 Å². The summed E-state index contributed by atoms with van der Waals surface area (Å²) < 4.78 is 0. The molecule has 1 aliphatic heterocycles. The van der Waals surface area contributed by atoms with Crippen LogP contribution in [-0.4, -0.2) is 37.0 Å². The predicted molar refractivity (Wildman–Crippen MR) is 68.9 cm³/mol. The Bertz CT molecular complexity index is 358. The molecule has 3 nitrogen and oxygen atoms in total. The molecule has 0 aromatic heterocycles. The third-order valence-electron chi connectivity index (χ3n) is 3.32. The van der Waals surface area contributed by atoms with E-state index in [4.69, 9.17) is 0 Å². The van der Waals surface area contributed by atoms with Gasteiger partial charge in [0.25, 0.3) is 0 Å². The van der Waals surface area contributed by atoms with E-state index in [-0.39, 0.29) is 5.91 Å². The largest absolute Gasteiger partial charge is 0.340 e. The van der Waals surface area contributed by atoms with Gasteiger partial charge in [0.05, 0.1) is 0 Å². The second kappa shape index (κ2) is 5.82. The Morgan fingerprint density at radius 2 is 1.94 bits per heavy atom. The molecule has 0 spiro atoms. The normalized spacial score (nSPS) is 17.8. The Labute approximate surface area is 103 Å². The Morgan fingerprint density at radius 1 is 1.29 bits per heavy atom. The second-order valence-electron chi connectivity index (χ2n) is 4.65. The Kier molecular flexibility index (Phi) is 4.15. The van der Waals surface area contributed by atoms with Crippen molar-refractivity contribution >= 4 is 5.91 Å². The van der Waals surface area contributed by atoms with Gasteiger partial charge in [-0.05, 0) is 11.5 Å². The van der Waals surface area contributed by atoms with E-state index in [0.29, 0.717) is 12.3 Å². The Morgan fingerprint density at radius 3 is 2.59 bits per heavy atom. The first-order valence-corrected chi connectivity index (χ1v) is 6.31. The molecule has 1 saturated heterocycles. The summed E-state index contributed by atoms with van der Waals surface area (Å²) >= 11 is 0. The van der Waals surface area contributed by atoms with Gasteiger partial charge >= 0.3 is 0 Å². The monoisotopic (exact) mass is 232 g/mol. The van der Waals surface area contributed by atoms with Gasteiger partial charge in [-0.1, -0.05) is 37.3 Å². The van der Waals surface area contributed by atoms with Crippen molar-refractivity contribution in [1.29, 1.82) is 0 Å². The molecule has 2 rings (SSSR count). The molecule has 1 atom stereocenters. The number of carbonyl (C=O) groups excluding carboxylic acids is 1. The molecular weight excluding hydrogens is 212 g/mol. The average molecular weight is 232 g/mol. The van der Waals surface area contributed by atoms with Crippen LogP contribution in [0, 0.1) is 0 Å². The number of piperazine rings is 1. The fraction of sp³-hybridized carbons (Fsp3) is 0.500. The van der Waals surface area contributed by atoms with Gasteiger partial charge in [0.2, 0.25) is 5.91 Å². The van der Waals surface area contributed by atoms with Gasteiger partial charge in [-0.25, -0.2) is 0 Å². The number of rotatable bonds is 3. The summed E-state index contributed by atoms with van der Waals surface area (Å²) in [5, 5.41) is 3.26. The van der Waals surface area contributed by atoms with Crippen LogP contribution in [0.5, 0.6) is 0 Å². The first-order valence-electron chi connectivity index (χ1n) is 6.31. The van der Waals surface area contributed by atoms with Gasteiger partial charge in [-0.15, -0.1) is 0 Å². The minimum absolute atomic E-state index is 0.280. The molecule has 92 valence electrons. The van der Waals surface area contributed by atoms with E-state index in [2.05, 4.69) is 24.4 Å². The van der Waals surface area contributed by atoms with Gasteiger partial charge < -0.3 is 10.2 Å². The fourth-order valence-corrected chi connectivity index (χ4v) is 2.20. The summed E-state index contributed by atoms with van der Waals surface area (Å²) in [5.74, 6) is 0.585. The predicted octanol–water partition coefficient (Wildman–Crippen LogP) is 1.61. The number of benzene rings is 1. The molecule has 1 aromatic carbocycles. The molecule has 0 radical (unpaired) electrons. The minimum atomic E-state index is 0.280. The molecule has 1 amide bonds. The summed E-state index contributed by atoms with van der Waals surface area (Å²) in [6.45, 7) is 5.66. The quantitative estimate of drug-likeness (QED) is 0.858. The van der Waals surface area contributed by atoms with Crippen LogP contribution in [0.3, 0.4) is 0 Å². The molecule has 0 bridgehead atoms. The topological polar surface area (TPSA) is 32.3 Å². The second-order valence-corrected chi connectivity index (χ2v) is 4.65. The standard InChI is InChI=1S/C14H20N2O/c1-12(13-5-3-2-4-6-13)11-14(17)16-9-7-15-8-10-16/h2-6,12,15H,7-11H2,1H3/t12-/m0/s1. The average Bonchev–Trinajstić information content (AvgIpc) is 2.40. The summed E-state index contributed by atoms with van der Waals surface area (Å²) in [5.41, 5.74) is 1.25. The van der Waals surface area contributed by atoms with Crippen molar-refractivity contribution in [1.82, 2.24) is 10.2 Å². The van der Waals surface area contributed by atoms with E-state index in [9.17, 15) is 4.79 Å². The molecule has 17 heavy (non-hydrogen) atoms. The van der Waals surface area contributed by atoms with Crippen LogP contribution in [0.2, 0.25) is 0 Å². The Hall–Kier alpha value is -1.35. The molecule has 1 fully saturated rings. The van der Waals surface area contributed by atoms with Crippen LogP contribution in [0.15, 0.2) is 30.3 Å². The van der Waals surface area contributed by atoms with E-state index in [1.807, 2.05) is 23.1 Å². The van der Waals surface area contributed by atoms with Crippen LogP contribution in [-0.2, 0) is 4.79 Å². The molecule has 1 heterocycles. The zero-order chi connectivity index (χ0) is 12.1. The van der Waals surface area contributed by atoms with Crippen molar-refractivity contribution in [3.63, 3.8) is 0 Å². The highest BCUT2D eigenvalue weighted by molar-refractivity contribution is 5.77. The van der Waals surface area contributed by atoms with Crippen LogP contribution in [0.25, 0.3) is 0 Å². The van der Waals surface area contributed by atoms with Gasteiger partial charge in [-0.3, -0.25) is 4.79 Å². The first-order chi connectivity index (χ1) is 8.27. The number of carbonyl (C=O) groups is 1. The first kappa shape index (κ1) is 12.1. The molecule has 0 saturated carbocycles. The van der Waals surface area contributed by atoms with E-state index < -0.39 is 0 Å². The van der Waals surface area contributed by atoms with Crippen LogP contribution in [0.1, 0.15) is 24.8 Å². The molecule has 1 N–H and O–H groups in total. The van der Waals surface area contributed by atoms with Crippen molar-refractivity contribution in [2.45, 2.75) is 19.3 Å². The van der Waals surface area contributed by atoms with Crippen molar-refractivity contribution in [3.05, 3.63) is 35.9 Å². The zero-order valence-corrected chi connectivity index (χ0v) is 10.4. The highest BCUT2D eigenvalue weighted by atomic mass is 16.2. The fourth-order valence-electron chi connectivity index (χ4n) is 2.20. The number of nitrogens with one attached hydrogen (secondary N) is 1. The molecular formula is C14H20N2O. The van der Waals surface area contributed by atoms with Crippen molar-refractivity contribution in [2.24, 2.45) is 0 Å². The summed E-state index contributed by atoms with van der Waals surface area (Å²) in [4.78, 5) is 14.0. The minimum Gasteiger partial charge on any atom is -0.340 e. The summed E-state index contributed by atoms with van der Waals surface area (Å²) in [6.07, 6.45) is 0.615. The van der Waals surface area contributed by atoms with Gasteiger partial charge in [0.15, 0.2) is 0 Å². The smallest absolute Gasteiger partial charge is 0.223 e. The van der Waals surface area contributed by atoms with Crippen LogP contribution in [0.4, 0.5) is 0 Å². The maximum absolute atomic E-state index is 12.1. The lowest BCUT2D eigenvalue weighted by Gasteiger charge is -2.28.